The maximum absolute atomic E-state index is 12.2. The maximum Gasteiger partial charge on any atom is 0.253 e. The molecule has 4 heteroatoms. The van der Waals surface area contributed by atoms with Gasteiger partial charge in [0.1, 0.15) is 0 Å². The number of carbonyl (C=O) groups excluding carboxylic acids is 1. The summed E-state index contributed by atoms with van der Waals surface area (Å²) in [6.07, 6.45) is 0.909. The molecule has 1 fully saturated rings. The topological polar surface area (TPSA) is 46.3 Å². The summed E-state index contributed by atoms with van der Waals surface area (Å²) in [6.45, 7) is 7.97. The molecule has 1 amide bonds. The van der Waals surface area contributed by atoms with Gasteiger partial charge in [0, 0.05) is 24.7 Å². The molecular weight excluding hydrogens is 260 g/mol. The van der Waals surface area contributed by atoms with Gasteiger partial charge in [-0.1, -0.05) is 32.9 Å². The molecule has 1 aliphatic heterocycles. The Bertz CT molecular complexity index is 436. The van der Waals surface area contributed by atoms with Crippen molar-refractivity contribution in [1.82, 2.24) is 4.90 Å². The number of nitrogens with two attached hydrogens (primary N) is 1. The highest BCUT2D eigenvalue weighted by Gasteiger charge is 2.24. The molecule has 0 bridgehead atoms. The minimum Gasteiger partial charge on any atom is -0.337 e. The largest absolute Gasteiger partial charge is 0.337 e. The second-order valence-electron chi connectivity index (χ2n) is 6.13. The molecule has 0 radical (unpaired) electrons. The van der Waals surface area contributed by atoms with E-state index < -0.39 is 0 Å². The Balaban J connectivity index is 0.00000180. The molecule has 1 heterocycles. The van der Waals surface area contributed by atoms with Gasteiger partial charge >= 0.3 is 0 Å². The fourth-order valence-electron chi connectivity index (χ4n) is 2.27. The van der Waals surface area contributed by atoms with E-state index >= 15 is 0 Å². The normalized spacial score (nSPS) is 19.2. The lowest BCUT2D eigenvalue weighted by atomic mass is 9.86. The minimum atomic E-state index is 0. The average Bonchev–Trinajstić information content (AvgIpc) is 2.74. The number of carbonyl (C=O) groups is 1. The molecule has 1 aromatic carbocycles. The van der Waals surface area contributed by atoms with Crippen LogP contribution in [0, 0.1) is 0 Å². The van der Waals surface area contributed by atoms with Crippen LogP contribution in [0.3, 0.4) is 0 Å². The van der Waals surface area contributed by atoms with Crippen molar-refractivity contribution in [2.75, 3.05) is 13.1 Å². The van der Waals surface area contributed by atoms with E-state index in [2.05, 4.69) is 20.8 Å². The van der Waals surface area contributed by atoms with Crippen LogP contribution in [0.5, 0.6) is 0 Å². The van der Waals surface area contributed by atoms with Gasteiger partial charge in [0.05, 0.1) is 0 Å². The van der Waals surface area contributed by atoms with Gasteiger partial charge in [-0.05, 0) is 29.5 Å². The minimum absolute atomic E-state index is 0. The Labute approximate surface area is 121 Å². The lowest BCUT2D eigenvalue weighted by Crippen LogP contribution is -2.31. The zero-order chi connectivity index (χ0) is 13.3. The van der Waals surface area contributed by atoms with Gasteiger partial charge in [0.15, 0.2) is 0 Å². The van der Waals surface area contributed by atoms with Gasteiger partial charge in [-0.3, -0.25) is 4.79 Å². The van der Waals surface area contributed by atoms with Crippen molar-refractivity contribution in [1.29, 1.82) is 0 Å². The first kappa shape index (κ1) is 16.0. The second-order valence-corrected chi connectivity index (χ2v) is 6.13. The molecule has 0 unspecified atom stereocenters. The molecule has 0 saturated carbocycles. The summed E-state index contributed by atoms with van der Waals surface area (Å²) in [6, 6.07) is 8.08. The fourth-order valence-corrected chi connectivity index (χ4v) is 2.27. The van der Waals surface area contributed by atoms with Crippen LogP contribution in [0.4, 0.5) is 0 Å². The van der Waals surface area contributed by atoms with Crippen molar-refractivity contribution < 1.29 is 4.79 Å². The first-order valence-electron chi connectivity index (χ1n) is 6.53. The van der Waals surface area contributed by atoms with Gasteiger partial charge in [-0.2, -0.15) is 0 Å². The molecule has 1 saturated heterocycles. The lowest BCUT2D eigenvalue weighted by molar-refractivity contribution is 0.0791. The van der Waals surface area contributed by atoms with E-state index in [0.29, 0.717) is 6.54 Å². The fraction of sp³-hybridized carbons (Fsp3) is 0.533. The number of benzene rings is 1. The lowest BCUT2D eigenvalue weighted by Gasteiger charge is -2.20. The zero-order valence-corrected chi connectivity index (χ0v) is 12.7. The third-order valence-corrected chi connectivity index (χ3v) is 3.51. The molecular formula is C15H23ClN2O. The van der Waals surface area contributed by atoms with E-state index in [1.165, 1.54) is 5.56 Å². The van der Waals surface area contributed by atoms with Crippen LogP contribution in [0.15, 0.2) is 24.3 Å². The molecule has 1 atom stereocenters. The summed E-state index contributed by atoms with van der Waals surface area (Å²) in [4.78, 5) is 14.1. The summed E-state index contributed by atoms with van der Waals surface area (Å²) >= 11 is 0. The van der Waals surface area contributed by atoms with E-state index in [1.807, 2.05) is 29.2 Å². The van der Waals surface area contributed by atoms with Crippen LogP contribution in [-0.2, 0) is 5.41 Å². The smallest absolute Gasteiger partial charge is 0.253 e. The third kappa shape index (κ3) is 3.71. The summed E-state index contributed by atoms with van der Waals surface area (Å²) in [5.41, 5.74) is 7.96. The van der Waals surface area contributed by atoms with Gasteiger partial charge in [0.2, 0.25) is 0 Å². The van der Waals surface area contributed by atoms with Gasteiger partial charge < -0.3 is 10.6 Å². The molecule has 106 valence electrons. The predicted octanol–water partition coefficient (Wildman–Crippen LogP) is 2.58. The summed E-state index contributed by atoms with van der Waals surface area (Å²) in [7, 11) is 0. The quantitative estimate of drug-likeness (QED) is 0.860. The highest BCUT2D eigenvalue weighted by Crippen LogP contribution is 2.23. The van der Waals surface area contributed by atoms with Crippen molar-refractivity contribution in [3.8, 4) is 0 Å². The average molecular weight is 283 g/mol. The summed E-state index contributed by atoms with van der Waals surface area (Å²) in [5, 5.41) is 0. The van der Waals surface area contributed by atoms with Crippen LogP contribution in [0.1, 0.15) is 43.1 Å². The Kier molecular flexibility index (Phi) is 4.99. The number of hydrogen-bond donors (Lipinski definition) is 1. The number of rotatable bonds is 1. The first-order valence-corrected chi connectivity index (χ1v) is 6.53. The van der Waals surface area contributed by atoms with Crippen molar-refractivity contribution in [3.05, 3.63) is 35.4 Å². The molecule has 0 spiro atoms. The van der Waals surface area contributed by atoms with Gasteiger partial charge in [-0.15, -0.1) is 12.4 Å². The van der Waals surface area contributed by atoms with E-state index in [-0.39, 0.29) is 29.8 Å². The van der Waals surface area contributed by atoms with E-state index in [9.17, 15) is 4.79 Å². The number of amides is 1. The Hall–Kier alpha value is -1.06. The van der Waals surface area contributed by atoms with Crippen LogP contribution in [0.2, 0.25) is 0 Å². The Morgan fingerprint density at radius 2 is 1.84 bits per heavy atom. The SMILES string of the molecule is CC(C)(C)c1ccc(C(=O)N2CC[C@H](N)C2)cc1.Cl. The number of nitrogens with zero attached hydrogens (tertiary/aromatic N) is 1. The monoisotopic (exact) mass is 282 g/mol. The predicted molar refractivity (Wildman–Crippen MR) is 80.9 cm³/mol. The van der Waals surface area contributed by atoms with Gasteiger partial charge in [-0.25, -0.2) is 0 Å². The molecule has 2 N–H and O–H groups in total. The molecule has 3 nitrogen and oxygen atoms in total. The summed E-state index contributed by atoms with van der Waals surface area (Å²) < 4.78 is 0. The second kappa shape index (κ2) is 5.93. The number of likely N-dealkylation sites (tertiary alicyclic amines) is 1. The van der Waals surface area contributed by atoms with Crippen molar-refractivity contribution in [2.45, 2.75) is 38.6 Å². The molecule has 2 rings (SSSR count). The van der Waals surface area contributed by atoms with Crippen molar-refractivity contribution in [3.63, 3.8) is 0 Å². The highest BCUT2D eigenvalue weighted by molar-refractivity contribution is 5.94. The third-order valence-electron chi connectivity index (χ3n) is 3.51. The molecule has 19 heavy (non-hydrogen) atoms. The van der Waals surface area contributed by atoms with Crippen LogP contribution in [-0.4, -0.2) is 29.9 Å². The standard InChI is InChI=1S/C15H22N2O.ClH/c1-15(2,3)12-6-4-11(5-7-12)14(18)17-9-8-13(16)10-17;/h4-7,13H,8-10,16H2,1-3H3;1H/t13-;/m0./s1. The maximum atomic E-state index is 12.2. The Morgan fingerprint density at radius 3 is 2.26 bits per heavy atom. The van der Waals surface area contributed by atoms with Crippen molar-refractivity contribution in [2.24, 2.45) is 5.73 Å². The highest BCUT2D eigenvalue weighted by atomic mass is 35.5. The zero-order valence-electron chi connectivity index (χ0n) is 11.8. The first-order chi connectivity index (χ1) is 8.38. The van der Waals surface area contributed by atoms with E-state index in [0.717, 1.165) is 18.5 Å². The summed E-state index contributed by atoms with van der Waals surface area (Å²) in [5.74, 6) is 0.100. The van der Waals surface area contributed by atoms with Crippen molar-refractivity contribution >= 4 is 18.3 Å². The van der Waals surface area contributed by atoms with Gasteiger partial charge in [0.25, 0.3) is 5.91 Å². The molecule has 0 aliphatic carbocycles. The van der Waals surface area contributed by atoms with E-state index in [4.69, 9.17) is 5.73 Å². The van der Waals surface area contributed by atoms with Crippen LogP contribution < -0.4 is 5.73 Å². The molecule has 0 aromatic heterocycles. The number of halogens is 1. The molecule has 1 aliphatic rings. The van der Waals surface area contributed by atoms with Crippen LogP contribution >= 0.6 is 12.4 Å². The number of hydrogen-bond acceptors (Lipinski definition) is 2. The van der Waals surface area contributed by atoms with Crippen LogP contribution in [0.25, 0.3) is 0 Å². The van der Waals surface area contributed by atoms with E-state index in [1.54, 1.807) is 0 Å². The molecule has 1 aromatic rings. The Morgan fingerprint density at radius 1 is 1.26 bits per heavy atom.